The molecule has 0 fully saturated rings. The van der Waals surface area contributed by atoms with Crippen LogP contribution < -0.4 is 11.5 Å². The lowest BCUT2D eigenvalue weighted by Gasteiger charge is -2.15. The van der Waals surface area contributed by atoms with Crippen LogP contribution in [0.5, 0.6) is 0 Å². The summed E-state index contributed by atoms with van der Waals surface area (Å²) >= 11 is 0. The lowest BCUT2D eigenvalue weighted by Crippen LogP contribution is -2.05. The minimum Gasteiger partial charge on any atom is -0.398 e. The maximum atomic E-state index is 13.3. The van der Waals surface area contributed by atoms with Crippen LogP contribution >= 0.6 is 0 Å². The molecule has 25 heavy (non-hydrogen) atoms. The zero-order chi connectivity index (χ0) is 18.0. The van der Waals surface area contributed by atoms with Gasteiger partial charge in [-0.3, -0.25) is 0 Å². The zero-order valence-corrected chi connectivity index (χ0v) is 13.2. The first-order valence-electron chi connectivity index (χ1n) is 7.56. The van der Waals surface area contributed by atoms with Crippen LogP contribution in [0.4, 0.5) is 20.4 Å². The maximum absolute atomic E-state index is 13.3. The Morgan fingerprint density at radius 3 is 2.48 bits per heavy atom. The second kappa shape index (κ2) is 6.82. The zero-order valence-electron chi connectivity index (χ0n) is 13.2. The van der Waals surface area contributed by atoms with E-state index >= 15 is 0 Å². The Bertz CT molecular complexity index is 942. The molecule has 0 spiro atoms. The van der Waals surface area contributed by atoms with Gasteiger partial charge in [-0.25, -0.2) is 9.37 Å². The molecule has 0 saturated heterocycles. The fourth-order valence-corrected chi connectivity index (χ4v) is 2.85. The molecule has 0 atom stereocenters. The van der Waals surface area contributed by atoms with E-state index in [-0.39, 0.29) is 24.7 Å². The maximum Gasteiger partial charge on any atom is 0.131 e. The molecule has 0 aliphatic rings. The molecular weight excluding hydrogens is 326 g/mol. The van der Waals surface area contributed by atoms with E-state index < -0.39 is 0 Å². The lowest BCUT2D eigenvalue weighted by atomic mass is 9.94. The van der Waals surface area contributed by atoms with Gasteiger partial charge < -0.3 is 16.9 Å². The van der Waals surface area contributed by atoms with Gasteiger partial charge in [0, 0.05) is 34.8 Å². The molecule has 0 bridgehead atoms. The molecule has 5 nitrogen and oxygen atoms in total. The van der Waals surface area contributed by atoms with Gasteiger partial charge in [-0.05, 0) is 39.7 Å². The predicted octanol–water partition coefficient (Wildman–Crippen LogP) is 3.65. The second-order valence-corrected chi connectivity index (χ2v) is 5.56. The Morgan fingerprint density at radius 1 is 1.12 bits per heavy atom. The van der Waals surface area contributed by atoms with Gasteiger partial charge in [0.2, 0.25) is 0 Å². The van der Waals surface area contributed by atoms with Crippen molar-refractivity contribution in [3.8, 4) is 11.1 Å². The number of rotatable bonds is 5. The molecule has 0 unspecified atom stereocenters. The third-order valence-corrected chi connectivity index (χ3v) is 4.02. The number of fused-ring (bicyclic) bond motifs is 1. The molecule has 1 heterocycles. The van der Waals surface area contributed by atoms with Crippen molar-refractivity contribution in [2.45, 2.75) is 6.42 Å². The fourth-order valence-electron chi connectivity index (χ4n) is 2.85. The SMILES string of the molecule is N=Cc1cc2c(-c3ccc(F)cc3)c(CCOF)nc(N)c2cc1N. The van der Waals surface area contributed by atoms with E-state index in [9.17, 15) is 8.92 Å². The highest BCUT2D eigenvalue weighted by Gasteiger charge is 2.16. The molecule has 128 valence electrons. The average Bonchev–Trinajstić information content (AvgIpc) is 2.61. The molecule has 2 aromatic carbocycles. The van der Waals surface area contributed by atoms with Crippen molar-refractivity contribution in [2.75, 3.05) is 18.1 Å². The van der Waals surface area contributed by atoms with E-state index in [1.165, 1.54) is 12.1 Å². The van der Waals surface area contributed by atoms with Gasteiger partial charge in [0.25, 0.3) is 0 Å². The highest BCUT2D eigenvalue weighted by Crippen LogP contribution is 2.36. The first kappa shape index (κ1) is 16.8. The van der Waals surface area contributed by atoms with Crippen LogP contribution in [0.1, 0.15) is 11.3 Å². The summed E-state index contributed by atoms with van der Waals surface area (Å²) in [6.45, 7) is -0.182. The molecule has 0 saturated carbocycles. The Hall–Kier alpha value is -3.06. The van der Waals surface area contributed by atoms with Crippen LogP contribution in [0.2, 0.25) is 0 Å². The first-order chi connectivity index (χ1) is 12.0. The van der Waals surface area contributed by atoms with Crippen LogP contribution in [0.3, 0.4) is 0 Å². The molecular formula is C18H16F2N4O. The van der Waals surface area contributed by atoms with E-state index in [0.717, 1.165) is 6.21 Å². The van der Waals surface area contributed by atoms with Gasteiger partial charge in [0.1, 0.15) is 11.6 Å². The highest BCUT2D eigenvalue weighted by atomic mass is 19.3. The van der Waals surface area contributed by atoms with Crippen molar-refractivity contribution in [1.29, 1.82) is 5.41 Å². The van der Waals surface area contributed by atoms with E-state index in [1.807, 2.05) is 0 Å². The number of pyridine rings is 1. The van der Waals surface area contributed by atoms with Crippen LogP contribution in [0, 0.1) is 11.2 Å². The summed E-state index contributed by atoms with van der Waals surface area (Å²) in [5, 5.41) is 8.84. The highest BCUT2D eigenvalue weighted by molar-refractivity contribution is 6.07. The van der Waals surface area contributed by atoms with Crippen LogP contribution in [0.15, 0.2) is 36.4 Å². The summed E-state index contributed by atoms with van der Waals surface area (Å²) < 4.78 is 25.5. The van der Waals surface area contributed by atoms with E-state index in [2.05, 4.69) is 9.93 Å². The average molecular weight is 342 g/mol. The Morgan fingerprint density at radius 2 is 1.84 bits per heavy atom. The summed E-state index contributed by atoms with van der Waals surface area (Å²) in [5.41, 5.74) is 14.8. The van der Waals surface area contributed by atoms with Crippen LogP contribution in [-0.2, 0) is 11.4 Å². The van der Waals surface area contributed by atoms with E-state index in [4.69, 9.17) is 16.9 Å². The third-order valence-electron chi connectivity index (χ3n) is 4.02. The standard InChI is InChI=1S/C18H16F2N4O/c19-12-3-1-10(2-4-12)17-13-7-11(9-21)15(22)8-14(13)18(23)24-16(17)5-6-25-20/h1-4,7-9,21H,5-6,22H2,(H2,23,24). The van der Waals surface area contributed by atoms with E-state index in [1.54, 1.807) is 24.3 Å². The smallest absolute Gasteiger partial charge is 0.131 e. The summed E-state index contributed by atoms with van der Waals surface area (Å²) in [4.78, 5) is 8.03. The number of nitrogens with one attached hydrogen (secondary N) is 1. The molecule has 1 aromatic heterocycles. The number of hydrogen-bond donors (Lipinski definition) is 3. The fraction of sp³-hybridized carbons (Fsp3) is 0.111. The number of anilines is 2. The third kappa shape index (κ3) is 3.14. The summed E-state index contributed by atoms with van der Waals surface area (Å²) in [6, 6.07) is 9.28. The van der Waals surface area contributed by atoms with E-state index in [0.29, 0.717) is 38.8 Å². The Kier molecular flexibility index (Phi) is 4.58. The summed E-state index contributed by atoms with van der Waals surface area (Å²) in [5.74, 6) is -0.118. The minimum absolute atomic E-state index is 0.182. The van der Waals surface area contributed by atoms with Crippen molar-refractivity contribution in [3.63, 3.8) is 0 Å². The van der Waals surface area contributed by atoms with Gasteiger partial charge in [0.05, 0.1) is 12.3 Å². The van der Waals surface area contributed by atoms with Gasteiger partial charge in [0.15, 0.2) is 0 Å². The summed E-state index contributed by atoms with van der Waals surface area (Å²) in [7, 11) is 0. The topological polar surface area (TPSA) is 98.0 Å². The van der Waals surface area contributed by atoms with Crippen molar-refractivity contribution < 1.29 is 13.9 Å². The Balaban J connectivity index is 2.37. The number of halogens is 2. The van der Waals surface area contributed by atoms with Gasteiger partial charge in [-0.15, -0.1) is 0 Å². The van der Waals surface area contributed by atoms with Gasteiger partial charge in [-0.2, -0.15) is 4.94 Å². The number of aromatic nitrogens is 1. The molecule has 0 aliphatic carbocycles. The molecule has 5 N–H and O–H groups in total. The first-order valence-corrected chi connectivity index (χ1v) is 7.56. The van der Waals surface area contributed by atoms with Crippen LogP contribution in [-0.4, -0.2) is 17.8 Å². The number of nitrogens with two attached hydrogens (primary N) is 2. The molecule has 0 aliphatic heterocycles. The van der Waals surface area contributed by atoms with Gasteiger partial charge in [-0.1, -0.05) is 12.1 Å². The van der Waals surface area contributed by atoms with Crippen molar-refractivity contribution in [1.82, 2.24) is 4.98 Å². The molecule has 3 rings (SSSR count). The number of nitrogens with zero attached hydrogens (tertiary/aromatic N) is 1. The molecule has 7 heteroatoms. The molecule has 3 aromatic rings. The number of benzene rings is 2. The number of hydrogen-bond acceptors (Lipinski definition) is 5. The number of nitrogen functional groups attached to an aromatic ring is 2. The van der Waals surface area contributed by atoms with Crippen molar-refractivity contribution >= 4 is 28.5 Å². The monoisotopic (exact) mass is 342 g/mol. The normalized spacial score (nSPS) is 11.0. The quantitative estimate of drug-likeness (QED) is 0.487. The molecule has 0 amide bonds. The lowest BCUT2D eigenvalue weighted by molar-refractivity contribution is -0.130. The Labute approximate surface area is 142 Å². The largest absolute Gasteiger partial charge is 0.398 e. The second-order valence-electron chi connectivity index (χ2n) is 5.56. The van der Waals surface area contributed by atoms with Gasteiger partial charge >= 0.3 is 0 Å². The minimum atomic E-state index is -0.366. The van der Waals surface area contributed by atoms with Crippen molar-refractivity contribution in [2.24, 2.45) is 0 Å². The van der Waals surface area contributed by atoms with Crippen molar-refractivity contribution in [3.05, 3.63) is 53.5 Å². The summed E-state index contributed by atoms with van der Waals surface area (Å²) in [6.07, 6.45) is 1.33. The molecule has 0 radical (unpaired) electrons. The predicted molar refractivity (Wildman–Crippen MR) is 94.6 cm³/mol. The van der Waals surface area contributed by atoms with Crippen LogP contribution in [0.25, 0.3) is 21.9 Å².